The zero-order valence-electron chi connectivity index (χ0n) is 23.2. The van der Waals surface area contributed by atoms with Gasteiger partial charge in [0.1, 0.15) is 5.82 Å². The number of amides is 3. The first kappa shape index (κ1) is 31.6. The van der Waals surface area contributed by atoms with Gasteiger partial charge in [-0.1, -0.05) is 12.1 Å². The highest BCUT2D eigenvalue weighted by atomic mass is 19.4. The molecular weight excluding hydrogens is 569 g/mol. The quantitative estimate of drug-likeness (QED) is 0.420. The van der Waals surface area contributed by atoms with Crippen LogP contribution in [0.4, 0.5) is 41.2 Å². The summed E-state index contributed by atoms with van der Waals surface area (Å²) in [6.07, 6.45) is -7.14. The number of urea groups is 1. The minimum Gasteiger partial charge on any atom is -0.340 e. The number of benzene rings is 2. The molecule has 0 radical (unpaired) electrons. The standard InChI is InChI=1S/C29H33F7N4O2/c1-38(23-12-20(28(31,32)33)11-21(13-23)29(34,35)36)27(42)39(2)25-16-40(15-24(25)18-7-9-22(30)10-8-18)26(41)19-5-3-17(14-37)4-6-19/h7-13,17,19,24-25H,3-6,14-16,37H2,1-2H3. The number of nitrogens with two attached hydrogens (primary N) is 1. The Kier molecular flexibility index (Phi) is 9.10. The fourth-order valence-electron chi connectivity index (χ4n) is 5.92. The van der Waals surface area contributed by atoms with Gasteiger partial charge in [-0.05, 0) is 74.0 Å². The van der Waals surface area contributed by atoms with Crippen molar-refractivity contribution < 1.29 is 40.3 Å². The van der Waals surface area contributed by atoms with E-state index in [0.29, 0.717) is 43.0 Å². The van der Waals surface area contributed by atoms with Gasteiger partial charge < -0.3 is 15.5 Å². The predicted octanol–water partition coefficient (Wildman–Crippen LogP) is 6.11. The second kappa shape index (κ2) is 12.1. The van der Waals surface area contributed by atoms with E-state index < -0.39 is 53.0 Å². The Balaban J connectivity index is 1.61. The van der Waals surface area contributed by atoms with E-state index in [1.165, 1.54) is 36.2 Å². The van der Waals surface area contributed by atoms with E-state index in [-0.39, 0.29) is 31.0 Å². The minimum atomic E-state index is -5.07. The third-order valence-corrected chi connectivity index (χ3v) is 8.47. The van der Waals surface area contributed by atoms with Crippen LogP contribution >= 0.6 is 0 Å². The van der Waals surface area contributed by atoms with Gasteiger partial charge in [0.25, 0.3) is 0 Å². The number of halogens is 7. The Labute approximate surface area is 239 Å². The van der Waals surface area contributed by atoms with Crippen LogP contribution in [0.25, 0.3) is 0 Å². The van der Waals surface area contributed by atoms with Crippen LogP contribution in [0.15, 0.2) is 42.5 Å². The number of likely N-dealkylation sites (tertiary alicyclic amines) is 1. The molecule has 230 valence electrons. The van der Waals surface area contributed by atoms with Crippen molar-refractivity contribution in [3.63, 3.8) is 0 Å². The molecule has 1 saturated carbocycles. The summed E-state index contributed by atoms with van der Waals surface area (Å²) < 4.78 is 94.3. The smallest absolute Gasteiger partial charge is 0.340 e. The Morgan fingerprint density at radius 1 is 0.881 bits per heavy atom. The number of anilines is 1. The molecule has 2 aliphatic rings. The van der Waals surface area contributed by atoms with Crippen LogP contribution in [0.1, 0.15) is 48.3 Å². The summed E-state index contributed by atoms with van der Waals surface area (Å²) >= 11 is 0. The van der Waals surface area contributed by atoms with E-state index in [1.807, 2.05) is 0 Å². The van der Waals surface area contributed by atoms with Crippen molar-refractivity contribution in [3.05, 3.63) is 65.0 Å². The van der Waals surface area contributed by atoms with Crippen LogP contribution in [0.5, 0.6) is 0 Å². The summed E-state index contributed by atoms with van der Waals surface area (Å²) in [7, 11) is 2.48. The lowest BCUT2D eigenvalue weighted by Gasteiger charge is -2.33. The van der Waals surface area contributed by atoms with Gasteiger partial charge in [0.15, 0.2) is 0 Å². The molecule has 1 aliphatic heterocycles. The van der Waals surface area contributed by atoms with E-state index in [0.717, 1.165) is 24.8 Å². The highest BCUT2D eigenvalue weighted by molar-refractivity contribution is 5.92. The fourth-order valence-corrected chi connectivity index (χ4v) is 5.92. The first-order valence-corrected chi connectivity index (χ1v) is 13.6. The topological polar surface area (TPSA) is 69.9 Å². The molecule has 4 rings (SSSR count). The second-order valence-corrected chi connectivity index (χ2v) is 11.1. The van der Waals surface area contributed by atoms with Crippen molar-refractivity contribution in [1.29, 1.82) is 0 Å². The summed E-state index contributed by atoms with van der Waals surface area (Å²) in [5.74, 6) is -0.881. The lowest BCUT2D eigenvalue weighted by Crippen LogP contribution is -2.48. The maximum absolute atomic E-state index is 13.7. The second-order valence-electron chi connectivity index (χ2n) is 11.1. The third-order valence-electron chi connectivity index (χ3n) is 8.47. The molecule has 3 amide bonds. The molecule has 1 aliphatic carbocycles. The molecule has 0 spiro atoms. The average Bonchev–Trinajstić information content (AvgIpc) is 3.40. The summed E-state index contributed by atoms with van der Waals surface area (Å²) in [6, 6.07) is 5.01. The molecular formula is C29H33F7N4O2. The number of rotatable bonds is 5. The SMILES string of the molecule is CN(C(=O)N(C)C1CN(C(=O)C2CCC(CN)CC2)CC1c1ccc(F)cc1)c1cc(C(F)(F)F)cc(C(F)(F)F)c1. The van der Waals surface area contributed by atoms with Crippen molar-refractivity contribution in [2.45, 2.75) is 50.0 Å². The monoisotopic (exact) mass is 602 g/mol. The number of hydrogen-bond acceptors (Lipinski definition) is 3. The van der Waals surface area contributed by atoms with Crippen molar-refractivity contribution in [1.82, 2.24) is 9.80 Å². The molecule has 1 heterocycles. The van der Waals surface area contributed by atoms with Crippen LogP contribution in [-0.4, -0.2) is 61.5 Å². The van der Waals surface area contributed by atoms with Crippen molar-refractivity contribution in [2.75, 3.05) is 38.6 Å². The van der Waals surface area contributed by atoms with E-state index in [2.05, 4.69) is 0 Å². The minimum absolute atomic E-state index is 0.00242. The summed E-state index contributed by atoms with van der Waals surface area (Å²) in [6.45, 7) is 0.870. The summed E-state index contributed by atoms with van der Waals surface area (Å²) in [4.78, 5) is 30.6. The maximum atomic E-state index is 13.7. The zero-order chi connectivity index (χ0) is 31.0. The normalized spacial score (nSPS) is 23.1. The Morgan fingerprint density at radius 3 is 1.93 bits per heavy atom. The Bertz CT molecular complexity index is 1240. The van der Waals surface area contributed by atoms with Gasteiger partial charge in [-0.25, -0.2) is 9.18 Å². The van der Waals surface area contributed by atoms with Gasteiger partial charge in [0.05, 0.1) is 17.2 Å². The molecule has 2 atom stereocenters. The van der Waals surface area contributed by atoms with Gasteiger partial charge in [0, 0.05) is 44.7 Å². The van der Waals surface area contributed by atoms with Crippen LogP contribution < -0.4 is 10.6 Å². The molecule has 13 heteroatoms. The van der Waals surface area contributed by atoms with Crippen molar-refractivity contribution in [2.24, 2.45) is 17.6 Å². The summed E-state index contributed by atoms with van der Waals surface area (Å²) in [5.41, 5.74) is 2.74. The van der Waals surface area contributed by atoms with E-state index in [9.17, 15) is 40.3 Å². The van der Waals surface area contributed by atoms with Gasteiger partial charge in [-0.15, -0.1) is 0 Å². The first-order valence-electron chi connectivity index (χ1n) is 13.6. The van der Waals surface area contributed by atoms with Crippen molar-refractivity contribution >= 4 is 17.6 Å². The molecule has 0 aromatic heterocycles. The molecule has 2 N–H and O–H groups in total. The van der Waals surface area contributed by atoms with Crippen LogP contribution in [0.3, 0.4) is 0 Å². The van der Waals surface area contributed by atoms with E-state index in [4.69, 9.17) is 5.73 Å². The van der Waals surface area contributed by atoms with E-state index >= 15 is 0 Å². The van der Waals surface area contributed by atoms with Crippen LogP contribution in [0.2, 0.25) is 0 Å². The molecule has 6 nitrogen and oxygen atoms in total. The maximum Gasteiger partial charge on any atom is 0.416 e. The highest BCUT2D eigenvalue weighted by Crippen LogP contribution is 2.39. The number of nitrogens with zero attached hydrogens (tertiary/aromatic N) is 3. The van der Waals surface area contributed by atoms with Gasteiger partial charge in [-0.3, -0.25) is 9.69 Å². The lowest BCUT2D eigenvalue weighted by molar-refractivity contribution is -0.143. The number of carbonyl (C=O) groups excluding carboxylic acids is 2. The molecule has 2 aromatic carbocycles. The molecule has 42 heavy (non-hydrogen) atoms. The van der Waals surface area contributed by atoms with Crippen LogP contribution in [0, 0.1) is 17.7 Å². The molecule has 1 saturated heterocycles. The predicted molar refractivity (Wildman–Crippen MR) is 142 cm³/mol. The lowest BCUT2D eigenvalue weighted by atomic mass is 9.81. The number of carbonyl (C=O) groups is 2. The molecule has 0 bridgehead atoms. The number of likely N-dealkylation sites (N-methyl/N-ethyl adjacent to an activating group) is 1. The number of hydrogen-bond donors (Lipinski definition) is 1. The van der Waals surface area contributed by atoms with Crippen molar-refractivity contribution in [3.8, 4) is 0 Å². The van der Waals surface area contributed by atoms with Gasteiger partial charge in [-0.2, -0.15) is 26.3 Å². The largest absolute Gasteiger partial charge is 0.416 e. The molecule has 2 aromatic rings. The fraction of sp³-hybridized carbons (Fsp3) is 0.517. The average molecular weight is 603 g/mol. The zero-order valence-corrected chi connectivity index (χ0v) is 23.2. The summed E-state index contributed by atoms with van der Waals surface area (Å²) in [5, 5.41) is 0. The van der Waals surface area contributed by atoms with E-state index in [1.54, 1.807) is 4.90 Å². The molecule has 2 unspecified atom stereocenters. The number of alkyl halides is 6. The van der Waals surface area contributed by atoms with Gasteiger partial charge in [0.2, 0.25) is 5.91 Å². The third kappa shape index (κ3) is 6.82. The van der Waals surface area contributed by atoms with Crippen LogP contribution in [-0.2, 0) is 17.1 Å². The Hall–Kier alpha value is -3.35. The Morgan fingerprint density at radius 2 is 1.43 bits per heavy atom. The highest BCUT2D eigenvalue weighted by Gasteiger charge is 2.43. The van der Waals surface area contributed by atoms with Gasteiger partial charge >= 0.3 is 18.4 Å². The first-order chi connectivity index (χ1) is 19.6. The molecule has 2 fully saturated rings.